The minimum absolute atomic E-state index is 0.112. The van der Waals surface area contributed by atoms with Gasteiger partial charge in [0.15, 0.2) is 0 Å². The molecule has 0 aromatic heterocycles. The first-order valence-corrected chi connectivity index (χ1v) is 13.2. The van der Waals surface area contributed by atoms with E-state index in [0.29, 0.717) is 6.42 Å². The molecule has 1 N–H and O–H groups in total. The molecule has 1 aromatic carbocycles. The van der Waals surface area contributed by atoms with Gasteiger partial charge in [-0.05, 0) is 42.2 Å². The number of hydrogen-bond acceptors (Lipinski definition) is 7. The van der Waals surface area contributed by atoms with Crippen molar-refractivity contribution in [1.29, 1.82) is 0 Å². The number of hydrogen-bond donors (Lipinski definition) is 1. The first kappa shape index (κ1) is 26.5. The van der Waals surface area contributed by atoms with Gasteiger partial charge in [0.2, 0.25) is 11.8 Å². The highest BCUT2D eigenvalue weighted by Crippen LogP contribution is 2.51. The average Bonchev–Trinajstić information content (AvgIpc) is 3.27. The van der Waals surface area contributed by atoms with Crippen molar-refractivity contribution in [2.45, 2.75) is 69.4 Å². The number of esters is 1. The van der Waals surface area contributed by atoms with E-state index in [1.54, 1.807) is 18.9 Å². The summed E-state index contributed by atoms with van der Waals surface area (Å²) in [5.41, 5.74) is -0.427. The fourth-order valence-corrected chi connectivity index (χ4v) is 6.44. The van der Waals surface area contributed by atoms with E-state index in [-0.39, 0.29) is 17.7 Å². The smallest absolute Gasteiger partial charge is 0.326 e. The van der Waals surface area contributed by atoms with Gasteiger partial charge in [-0.15, -0.1) is 11.8 Å². The van der Waals surface area contributed by atoms with Crippen LogP contribution < -0.4 is 10.1 Å². The van der Waals surface area contributed by atoms with Crippen LogP contribution in [0.3, 0.4) is 0 Å². The number of fused-ring (bicyclic) bond motifs is 1. The first-order valence-electron chi connectivity index (χ1n) is 12.2. The number of nitrogens with zero attached hydrogens (tertiary/aromatic N) is 1. The fourth-order valence-electron chi connectivity index (χ4n) is 5.43. The van der Waals surface area contributed by atoms with Crippen LogP contribution in [0.2, 0.25) is 0 Å². The van der Waals surface area contributed by atoms with Gasteiger partial charge in [0.1, 0.15) is 11.3 Å². The number of carbonyl (C=O) groups excluding carboxylic acids is 3. The molecule has 8 heteroatoms. The van der Waals surface area contributed by atoms with E-state index < -0.39 is 29.4 Å². The third-order valence-corrected chi connectivity index (χ3v) is 8.10. The number of thioether (sulfide) groups is 1. The zero-order chi connectivity index (χ0) is 25.0. The maximum atomic E-state index is 13.2. The van der Waals surface area contributed by atoms with Crippen LogP contribution in [0.25, 0.3) is 0 Å². The zero-order valence-corrected chi connectivity index (χ0v) is 22.0. The van der Waals surface area contributed by atoms with E-state index in [0.717, 1.165) is 28.4 Å². The van der Waals surface area contributed by atoms with Crippen LogP contribution in [-0.2, 0) is 19.1 Å². The van der Waals surface area contributed by atoms with Crippen LogP contribution in [0.5, 0.6) is 5.75 Å². The summed E-state index contributed by atoms with van der Waals surface area (Å²) in [6, 6.07) is 5.43. The standard InChI is InChI=1S/C26H38N2O5S/c1-7-8-9-10-13-34-19-12-11-17(14-18(19)32-5)22-20-21(24(30)28(4)23(20)29)26(27-22,15-16(2)3)25(31)33-6/h11-12,14,16,20-22,27H,7-10,13,15H2,1-6H3/t20-,21-,22-,26-/m1/s1. The molecule has 0 unspecified atom stereocenters. The third-order valence-electron chi connectivity index (χ3n) is 6.96. The van der Waals surface area contributed by atoms with Crippen molar-refractivity contribution < 1.29 is 23.9 Å². The summed E-state index contributed by atoms with van der Waals surface area (Å²) < 4.78 is 10.9. The van der Waals surface area contributed by atoms with Crippen molar-refractivity contribution in [3.8, 4) is 5.75 Å². The minimum Gasteiger partial charge on any atom is -0.496 e. The maximum Gasteiger partial charge on any atom is 0.326 e. The lowest BCUT2D eigenvalue weighted by atomic mass is 9.75. The Morgan fingerprint density at radius 2 is 1.91 bits per heavy atom. The number of methoxy groups -OCH3 is 2. The summed E-state index contributed by atoms with van der Waals surface area (Å²) in [5.74, 6) is -0.712. The van der Waals surface area contributed by atoms with Gasteiger partial charge in [-0.2, -0.15) is 0 Å². The Balaban J connectivity index is 1.96. The Hall–Kier alpha value is -2.06. The van der Waals surface area contributed by atoms with Crippen LogP contribution in [0.4, 0.5) is 0 Å². The van der Waals surface area contributed by atoms with Gasteiger partial charge < -0.3 is 9.47 Å². The molecular formula is C26H38N2O5S. The van der Waals surface area contributed by atoms with Crippen LogP contribution in [0.15, 0.2) is 23.1 Å². The molecule has 0 spiro atoms. The zero-order valence-electron chi connectivity index (χ0n) is 21.2. The molecule has 2 fully saturated rings. The summed E-state index contributed by atoms with van der Waals surface area (Å²) in [4.78, 5) is 41.7. The van der Waals surface area contributed by atoms with E-state index >= 15 is 0 Å². The van der Waals surface area contributed by atoms with Crippen molar-refractivity contribution in [2.75, 3.05) is 27.0 Å². The molecule has 0 aliphatic carbocycles. The Labute approximate surface area is 207 Å². The molecule has 3 rings (SSSR count). The van der Waals surface area contributed by atoms with Gasteiger partial charge in [-0.3, -0.25) is 24.6 Å². The Morgan fingerprint density at radius 3 is 2.53 bits per heavy atom. The number of carbonyl (C=O) groups is 3. The van der Waals surface area contributed by atoms with Gasteiger partial charge in [-0.1, -0.05) is 46.1 Å². The normalized spacial score (nSPS) is 26.3. The number of likely N-dealkylation sites (tertiary alicyclic amines) is 1. The Morgan fingerprint density at radius 1 is 1.18 bits per heavy atom. The average molecular weight is 491 g/mol. The molecule has 1 aromatic rings. The largest absolute Gasteiger partial charge is 0.496 e. The first-order chi connectivity index (χ1) is 16.2. The fraction of sp³-hybridized carbons (Fsp3) is 0.654. The van der Waals surface area contributed by atoms with Gasteiger partial charge in [0.05, 0.1) is 26.1 Å². The predicted molar refractivity (Wildman–Crippen MR) is 133 cm³/mol. The molecule has 2 amide bonds. The maximum absolute atomic E-state index is 13.2. The van der Waals surface area contributed by atoms with Crippen LogP contribution >= 0.6 is 11.8 Å². The molecule has 2 saturated heterocycles. The summed E-state index contributed by atoms with van der Waals surface area (Å²) in [5, 5.41) is 3.42. The summed E-state index contributed by atoms with van der Waals surface area (Å²) in [6.07, 6.45) is 5.21. The summed E-state index contributed by atoms with van der Waals surface area (Å²) >= 11 is 1.76. The third kappa shape index (κ3) is 4.85. The molecule has 2 aliphatic rings. The lowest BCUT2D eigenvalue weighted by molar-refractivity contribution is -0.154. The highest BCUT2D eigenvalue weighted by molar-refractivity contribution is 7.99. The van der Waals surface area contributed by atoms with E-state index in [4.69, 9.17) is 9.47 Å². The van der Waals surface area contributed by atoms with Crippen molar-refractivity contribution in [3.63, 3.8) is 0 Å². The second kappa shape index (κ2) is 11.1. The lowest BCUT2D eigenvalue weighted by Gasteiger charge is -2.33. The number of rotatable bonds is 11. The molecule has 0 bridgehead atoms. The molecule has 7 nitrogen and oxygen atoms in total. The molecular weight excluding hydrogens is 452 g/mol. The van der Waals surface area contributed by atoms with Crippen molar-refractivity contribution in [3.05, 3.63) is 23.8 Å². The van der Waals surface area contributed by atoms with Gasteiger partial charge in [-0.25, -0.2) is 0 Å². The molecule has 2 heterocycles. The highest BCUT2D eigenvalue weighted by Gasteiger charge is 2.68. The lowest BCUT2D eigenvalue weighted by Crippen LogP contribution is -2.56. The highest BCUT2D eigenvalue weighted by atomic mass is 32.2. The summed E-state index contributed by atoms with van der Waals surface area (Å²) in [6.45, 7) is 6.19. The Bertz CT molecular complexity index is 920. The van der Waals surface area contributed by atoms with E-state index in [1.165, 1.54) is 38.3 Å². The van der Waals surface area contributed by atoms with Gasteiger partial charge >= 0.3 is 5.97 Å². The van der Waals surface area contributed by atoms with Crippen LogP contribution in [-0.4, -0.2) is 55.2 Å². The van der Waals surface area contributed by atoms with Crippen LogP contribution in [0.1, 0.15) is 64.5 Å². The van der Waals surface area contributed by atoms with E-state index in [9.17, 15) is 14.4 Å². The molecule has 188 valence electrons. The quantitative estimate of drug-likeness (QED) is 0.215. The predicted octanol–water partition coefficient (Wildman–Crippen LogP) is 4.20. The van der Waals surface area contributed by atoms with Gasteiger partial charge in [0, 0.05) is 18.0 Å². The van der Waals surface area contributed by atoms with Crippen molar-refractivity contribution in [2.24, 2.45) is 17.8 Å². The number of ether oxygens (including phenoxy) is 2. The van der Waals surface area contributed by atoms with E-state index in [2.05, 4.69) is 12.2 Å². The number of benzene rings is 1. The number of amides is 2. The molecule has 2 aliphatic heterocycles. The summed E-state index contributed by atoms with van der Waals surface area (Å²) in [7, 11) is 4.46. The van der Waals surface area contributed by atoms with Crippen molar-refractivity contribution in [1.82, 2.24) is 10.2 Å². The molecule has 34 heavy (non-hydrogen) atoms. The minimum atomic E-state index is -1.25. The Kier molecular flexibility index (Phi) is 8.68. The number of imide groups is 1. The molecule has 4 atom stereocenters. The topological polar surface area (TPSA) is 84.9 Å². The second-order valence-corrected chi connectivity index (χ2v) is 10.9. The van der Waals surface area contributed by atoms with Crippen molar-refractivity contribution >= 4 is 29.5 Å². The second-order valence-electron chi connectivity index (χ2n) is 9.74. The SMILES string of the molecule is CCCCCCSc1ccc([C@H]2N[C@@](CC(C)C)(C(=O)OC)[C@H]3C(=O)N(C)C(=O)[C@@H]23)cc1OC. The van der Waals surface area contributed by atoms with Gasteiger partial charge in [0.25, 0.3) is 0 Å². The van der Waals surface area contributed by atoms with Crippen LogP contribution in [0, 0.1) is 17.8 Å². The monoisotopic (exact) mass is 490 g/mol. The van der Waals surface area contributed by atoms with E-state index in [1.807, 2.05) is 32.0 Å². The molecule has 0 radical (unpaired) electrons. The number of unbranched alkanes of at least 4 members (excludes halogenated alkanes) is 3. The number of nitrogens with one attached hydrogen (secondary N) is 1. The molecule has 0 saturated carbocycles.